The molecule has 2 saturated heterocycles. The number of amides is 1. The molecule has 25 heavy (non-hydrogen) atoms. The molecule has 0 unspecified atom stereocenters. The van der Waals surface area contributed by atoms with E-state index in [-0.39, 0.29) is 17.4 Å². The van der Waals surface area contributed by atoms with Crippen molar-refractivity contribution in [1.82, 2.24) is 9.47 Å². The van der Waals surface area contributed by atoms with Crippen molar-refractivity contribution in [2.75, 3.05) is 33.4 Å². The molecule has 0 spiro atoms. The maximum absolute atomic E-state index is 13.3. The monoisotopic (exact) mass is 342 g/mol. The van der Waals surface area contributed by atoms with Gasteiger partial charge < -0.3 is 18.9 Å². The van der Waals surface area contributed by atoms with Crippen molar-refractivity contribution in [3.05, 3.63) is 36.0 Å². The largest absolute Gasteiger partial charge is 0.384 e. The lowest BCUT2D eigenvalue weighted by atomic mass is 9.73. The summed E-state index contributed by atoms with van der Waals surface area (Å²) in [4.78, 5) is 15.3. The quantitative estimate of drug-likeness (QED) is 0.861. The lowest BCUT2D eigenvalue weighted by Gasteiger charge is -2.50. The third-order valence-corrected chi connectivity index (χ3v) is 5.83. The number of methoxy groups -OCH3 is 1. The molecule has 1 aromatic heterocycles. The van der Waals surface area contributed by atoms with E-state index in [1.807, 2.05) is 40.9 Å². The van der Waals surface area contributed by atoms with Gasteiger partial charge in [0.15, 0.2) is 0 Å². The van der Waals surface area contributed by atoms with Gasteiger partial charge in [-0.3, -0.25) is 4.79 Å². The topological polar surface area (TPSA) is 43.7 Å². The zero-order chi connectivity index (χ0) is 17.4. The molecular weight excluding hydrogens is 316 g/mol. The van der Waals surface area contributed by atoms with E-state index >= 15 is 0 Å². The number of aryl methyl sites for hydroxylation is 1. The summed E-state index contributed by atoms with van der Waals surface area (Å²) in [6.45, 7) is 2.94. The van der Waals surface area contributed by atoms with Gasteiger partial charge in [0, 0.05) is 56.4 Å². The molecule has 1 amide bonds. The van der Waals surface area contributed by atoms with Gasteiger partial charge in [0.05, 0.1) is 18.3 Å². The van der Waals surface area contributed by atoms with E-state index in [1.165, 1.54) is 0 Å². The van der Waals surface area contributed by atoms with Crippen molar-refractivity contribution in [3.63, 3.8) is 0 Å². The van der Waals surface area contributed by atoms with Crippen molar-refractivity contribution in [2.45, 2.75) is 25.4 Å². The van der Waals surface area contributed by atoms with Gasteiger partial charge in [-0.15, -0.1) is 0 Å². The Morgan fingerprint density at radius 1 is 1.40 bits per heavy atom. The molecule has 1 aromatic carbocycles. The van der Waals surface area contributed by atoms with Crippen LogP contribution in [0.15, 0.2) is 30.5 Å². The van der Waals surface area contributed by atoms with Crippen LogP contribution >= 0.6 is 0 Å². The van der Waals surface area contributed by atoms with Crippen molar-refractivity contribution in [3.8, 4) is 0 Å². The van der Waals surface area contributed by atoms with E-state index in [1.54, 1.807) is 7.11 Å². The van der Waals surface area contributed by atoms with Crippen LogP contribution in [0, 0.1) is 5.41 Å². The van der Waals surface area contributed by atoms with Gasteiger partial charge in [-0.05, 0) is 25.3 Å². The van der Waals surface area contributed by atoms with E-state index in [0.29, 0.717) is 13.2 Å². The van der Waals surface area contributed by atoms with Crippen molar-refractivity contribution < 1.29 is 14.3 Å². The number of carbonyl (C=O) groups excluding carboxylic acids is 1. The Morgan fingerprint density at radius 2 is 2.24 bits per heavy atom. The van der Waals surface area contributed by atoms with E-state index < -0.39 is 0 Å². The molecule has 0 radical (unpaired) electrons. The third-order valence-electron chi connectivity index (χ3n) is 5.83. The summed E-state index contributed by atoms with van der Waals surface area (Å²) in [6.07, 6.45) is 5.15. The predicted molar refractivity (Wildman–Crippen MR) is 96.7 cm³/mol. The molecule has 2 atom stereocenters. The van der Waals surface area contributed by atoms with Crippen molar-refractivity contribution in [2.24, 2.45) is 12.5 Å². The highest BCUT2D eigenvalue weighted by Gasteiger charge is 2.47. The highest BCUT2D eigenvalue weighted by molar-refractivity contribution is 6.07. The lowest BCUT2D eigenvalue weighted by Crippen LogP contribution is -2.58. The first-order valence-electron chi connectivity index (χ1n) is 9.08. The molecular formula is C20H26N2O3. The van der Waals surface area contributed by atoms with Crippen LogP contribution in [0.25, 0.3) is 10.9 Å². The van der Waals surface area contributed by atoms with Crippen LogP contribution in [0.4, 0.5) is 0 Å². The maximum Gasteiger partial charge on any atom is 0.256 e. The number of para-hydroxylation sites is 1. The SMILES string of the molecule is COC[C@@]12CCCO[C@@H]1CCN(C(=O)c1cn(C)c3ccccc13)C2. The van der Waals surface area contributed by atoms with Gasteiger partial charge >= 0.3 is 0 Å². The van der Waals surface area contributed by atoms with Crippen LogP contribution in [0.1, 0.15) is 29.6 Å². The molecule has 2 aliphatic heterocycles. The fraction of sp³-hybridized carbons (Fsp3) is 0.550. The molecule has 0 N–H and O–H groups in total. The van der Waals surface area contributed by atoms with Gasteiger partial charge in [-0.1, -0.05) is 18.2 Å². The van der Waals surface area contributed by atoms with Crippen LogP contribution in [0.2, 0.25) is 0 Å². The molecule has 2 fully saturated rings. The summed E-state index contributed by atoms with van der Waals surface area (Å²) in [6, 6.07) is 8.09. The second-order valence-electron chi connectivity index (χ2n) is 7.44. The second-order valence-corrected chi connectivity index (χ2v) is 7.44. The van der Waals surface area contributed by atoms with Crippen molar-refractivity contribution >= 4 is 16.8 Å². The summed E-state index contributed by atoms with van der Waals surface area (Å²) >= 11 is 0. The van der Waals surface area contributed by atoms with E-state index in [9.17, 15) is 4.79 Å². The molecule has 2 aliphatic rings. The number of piperidine rings is 1. The Hall–Kier alpha value is -1.85. The van der Waals surface area contributed by atoms with E-state index in [4.69, 9.17) is 9.47 Å². The number of nitrogens with zero attached hydrogens (tertiary/aromatic N) is 2. The van der Waals surface area contributed by atoms with E-state index in [0.717, 1.165) is 48.9 Å². The molecule has 5 heteroatoms. The average molecular weight is 342 g/mol. The minimum absolute atomic E-state index is 0.0640. The molecule has 0 bridgehead atoms. The highest BCUT2D eigenvalue weighted by Crippen LogP contribution is 2.41. The standard InChI is InChI=1S/C20H26N2O3/c1-21-12-16(15-6-3-4-7-17(15)21)19(23)22-10-8-18-20(13-22,14-24-2)9-5-11-25-18/h3-4,6-7,12,18H,5,8-11,13-14H2,1-2H3/t18-,20+/m1/s1. The molecule has 5 nitrogen and oxygen atoms in total. The smallest absolute Gasteiger partial charge is 0.256 e. The van der Waals surface area contributed by atoms with Crippen LogP contribution in [-0.2, 0) is 16.5 Å². The highest BCUT2D eigenvalue weighted by atomic mass is 16.5. The average Bonchev–Trinajstić information content (AvgIpc) is 2.98. The zero-order valence-electron chi connectivity index (χ0n) is 15.0. The second kappa shape index (κ2) is 6.46. The first-order chi connectivity index (χ1) is 12.1. The summed E-state index contributed by atoms with van der Waals surface area (Å²) in [7, 11) is 3.73. The summed E-state index contributed by atoms with van der Waals surface area (Å²) in [5, 5.41) is 1.03. The molecule has 134 valence electrons. The number of aromatic nitrogens is 1. The number of rotatable bonds is 3. The zero-order valence-corrected chi connectivity index (χ0v) is 15.0. The van der Waals surface area contributed by atoms with Crippen LogP contribution in [0.5, 0.6) is 0 Å². The Morgan fingerprint density at radius 3 is 3.08 bits per heavy atom. The van der Waals surface area contributed by atoms with Gasteiger partial charge in [-0.25, -0.2) is 0 Å². The Labute approximate surface area is 148 Å². The number of fused-ring (bicyclic) bond motifs is 2. The summed E-state index contributed by atoms with van der Waals surface area (Å²) < 4.78 is 13.6. The Bertz CT molecular complexity index is 780. The summed E-state index contributed by atoms with van der Waals surface area (Å²) in [5.74, 6) is 0.122. The van der Waals surface area contributed by atoms with Gasteiger partial charge in [0.1, 0.15) is 0 Å². The van der Waals surface area contributed by atoms with Gasteiger partial charge in [0.25, 0.3) is 5.91 Å². The van der Waals surface area contributed by atoms with Crippen LogP contribution in [-0.4, -0.2) is 54.9 Å². The lowest BCUT2D eigenvalue weighted by molar-refractivity contribution is -0.142. The number of carbonyl (C=O) groups is 1. The number of likely N-dealkylation sites (tertiary alicyclic amines) is 1. The Kier molecular flexibility index (Phi) is 4.29. The number of benzene rings is 1. The molecule has 0 saturated carbocycles. The van der Waals surface area contributed by atoms with Crippen LogP contribution < -0.4 is 0 Å². The van der Waals surface area contributed by atoms with Gasteiger partial charge in [0.2, 0.25) is 0 Å². The predicted octanol–water partition coefficient (Wildman–Crippen LogP) is 2.84. The Balaban J connectivity index is 1.64. The number of hydrogen-bond donors (Lipinski definition) is 0. The maximum atomic E-state index is 13.3. The fourth-order valence-corrected chi connectivity index (χ4v) is 4.64. The first-order valence-corrected chi connectivity index (χ1v) is 9.08. The molecule has 2 aromatic rings. The number of ether oxygens (including phenoxy) is 2. The van der Waals surface area contributed by atoms with Crippen LogP contribution in [0.3, 0.4) is 0 Å². The van der Waals surface area contributed by atoms with E-state index in [2.05, 4.69) is 6.07 Å². The summed E-state index contributed by atoms with van der Waals surface area (Å²) in [5.41, 5.74) is 1.82. The minimum atomic E-state index is -0.0640. The van der Waals surface area contributed by atoms with Gasteiger partial charge in [-0.2, -0.15) is 0 Å². The first kappa shape index (κ1) is 16.6. The fourth-order valence-electron chi connectivity index (χ4n) is 4.64. The van der Waals surface area contributed by atoms with Crippen molar-refractivity contribution in [1.29, 1.82) is 0 Å². The minimum Gasteiger partial charge on any atom is -0.384 e. The third kappa shape index (κ3) is 2.75. The molecule has 3 heterocycles. The molecule has 4 rings (SSSR count). The normalized spacial score (nSPS) is 26.6. The number of hydrogen-bond acceptors (Lipinski definition) is 3. The molecule has 0 aliphatic carbocycles.